The Hall–Kier alpha value is -2.34. The second kappa shape index (κ2) is 6.21. The van der Waals surface area contributed by atoms with Gasteiger partial charge in [-0.05, 0) is 30.3 Å². The Morgan fingerprint density at radius 3 is 2.60 bits per heavy atom. The van der Waals surface area contributed by atoms with Gasteiger partial charge in [-0.25, -0.2) is 4.68 Å². The van der Waals surface area contributed by atoms with E-state index < -0.39 is 5.97 Å². The Morgan fingerprint density at radius 2 is 2.05 bits per heavy atom. The van der Waals surface area contributed by atoms with E-state index in [1.165, 1.54) is 0 Å². The van der Waals surface area contributed by atoms with E-state index in [0.717, 1.165) is 17.1 Å². The summed E-state index contributed by atoms with van der Waals surface area (Å²) in [6.45, 7) is -0.177. The molecule has 0 atom stereocenters. The van der Waals surface area contributed by atoms with E-state index >= 15 is 0 Å². The Morgan fingerprint density at radius 1 is 1.35 bits per heavy atom. The van der Waals surface area contributed by atoms with Crippen molar-refractivity contribution in [2.24, 2.45) is 0 Å². The smallest absolute Gasteiger partial charge is 0.303 e. The van der Waals surface area contributed by atoms with Crippen LogP contribution >= 0.6 is 0 Å². The maximum Gasteiger partial charge on any atom is 0.303 e. The predicted octanol–water partition coefficient (Wildman–Crippen LogP) is 1.39. The number of ether oxygens (including phenoxy) is 1. The lowest BCUT2D eigenvalue weighted by molar-refractivity contribution is -0.136. The fraction of sp³-hybridized carbons (Fsp3) is 0.286. The fourth-order valence-corrected chi connectivity index (χ4v) is 1.91. The van der Waals surface area contributed by atoms with Gasteiger partial charge in [0.15, 0.2) is 0 Å². The number of rotatable bonds is 6. The summed E-state index contributed by atoms with van der Waals surface area (Å²) >= 11 is 0. The zero-order chi connectivity index (χ0) is 14.5. The number of aromatic nitrogens is 2. The molecule has 1 aromatic heterocycles. The number of methoxy groups -OCH3 is 1. The molecule has 0 aliphatic heterocycles. The zero-order valence-corrected chi connectivity index (χ0v) is 11.1. The van der Waals surface area contributed by atoms with Crippen molar-refractivity contribution in [2.45, 2.75) is 19.4 Å². The van der Waals surface area contributed by atoms with Crippen molar-refractivity contribution in [3.05, 3.63) is 41.7 Å². The van der Waals surface area contributed by atoms with E-state index in [9.17, 15) is 4.79 Å². The number of aryl methyl sites for hydroxylation is 1. The molecule has 0 unspecified atom stereocenters. The normalized spacial score (nSPS) is 10.5. The largest absolute Gasteiger partial charge is 0.497 e. The van der Waals surface area contributed by atoms with E-state index in [2.05, 4.69) is 5.10 Å². The number of benzene rings is 1. The molecule has 0 aliphatic carbocycles. The summed E-state index contributed by atoms with van der Waals surface area (Å²) in [5.74, 6) is -0.131. The maximum atomic E-state index is 10.7. The summed E-state index contributed by atoms with van der Waals surface area (Å²) in [6.07, 6.45) is 0.376. The van der Waals surface area contributed by atoms with Crippen LogP contribution in [0.1, 0.15) is 17.8 Å². The molecule has 2 aromatic rings. The molecule has 20 heavy (non-hydrogen) atoms. The Labute approximate surface area is 116 Å². The topological polar surface area (TPSA) is 84.6 Å². The van der Waals surface area contributed by atoms with Gasteiger partial charge in [0.25, 0.3) is 0 Å². The lowest BCUT2D eigenvalue weighted by atomic mass is 10.2. The molecule has 2 rings (SSSR count). The number of hydrogen-bond donors (Lipinski definition) is 2. The minimum Gasteiger partial charge on any atom is -0.497 e. The highest BCUT2D eigenvalue weighted by Crippen LogP contribution is 2.18. The first-order valence-corrected chi connectivity index (χ1v) is 6.19. The molecule has 106 valence electrons. The van der Waals surface area contributed by atoms with Crippen molar-refractivity contribution in [1.82, 2.24) is 9.78 Å². The van der Waals surface area contributed by atoms with E-state index in [0.29, 0.717) is 12.1 Å². The monoisotopic (exact) mass is 276 g/mol. The molecule has 0 fully saturated rings. The lowest BCUT2D eigenvalue weighted by Gasteiger charge is -2.07. The first kappa shape index (κ1) is 14.1. The molecule has 0 aliphatic rings. The average Bonchev–Trinajstić information content (AvgIpc) is 2.88. The van der Waals surface area contributed by atoms with Crippen LogP contribution in [0.15, 0.2) is 30.3 Å². The Kier molecular flexibility index (Phi) is 4.37. The molecule has 0 bridgehead atoms. The van der Waals surface area contributed by atoms with Crippen molar-refractivity contribution in [3.8, 4) is 11.4 Å². The van der Waals surface area contributed by atoms with Crippen molar-refractivity contribution >= 4 is 5.97 Å². The van der Waals surface area contributed by atoms with E-state index in [4.69, 9.17) is 14.9 Å². The summed E-state index contributed by atoms with van der Waals surface area (Å²) in [6, 6.07) is 8.98. The summed E-state index contributed by atoms with van der Waals surface area (Å²) in [5.41, 5.74) is 2.06. The van der Waals surface area contributed by atoms with Crippen LogP contribution in [-0.2, 0) is 17.8 Å². The van der Waals surface area contributed by atoms with Crippen LogP contribution in [0.25, 0.3) is 5.69 Å². The summed E-state index contributed by atoms with van der Waals surface area (Å²) in [4.78, 5) is 10.7. The molecule has 0 saturated heterocycles. The highest BCUT2D eigenvalue weighted by Gasteiger charge is 2.11. The second-order valence-electron chi connectivity index (χ2n) is 4.29. The molecule has 1 heterocycles. The molecule has 0 amide bonds. The SMILES string of the molecule is COc1ccc(-n2nc(CO)cc2CCC(=O)O)cc1. The summed E-state index contributed by atoms with van der Waals surface area (Å²) in [7, 11) is 1.59. The van der Waals surface area contributed by atoms with Gasteiger partial charge in [0, 0.05) is 12.1 Å². The summed E-state index contributed by atoms with van der Waals surface area (Å²) < 4.78 is 6.74. The fourth-order valence-electron chi connectivity index (χ4n) is 1.91. The van der Waals surface area contributed by atoms with Crippen molar-refractivity contribution in [2.75, 3.05) is 7.11 Å². The van der Waals surface area contributed by atoms with Gasteiger partial charge in [0.2, 0.25) is 0 Å². The summed E-state index contributed by atoms with van der Waals surface area (Å²) in [5, 5.41) is 22.2. The number of aliphatic carboxylic acids is 1. The van der Waals surface area contributed by atoms with Gasteiger partial charge in [-0.1, -0.05) is 0 Å². The van der Waals surface area contributed by atoms with Crippen LogP contribution in [0.5, 0.6) is 5.75 Å². The Balaban J connectivity index is 2.32. The number of carboxylic acids is 1. The number of nitrogens with zero attached hydrogens (tertiary/aromatic N) is 2. The van der Waals surface area contributed by atoms with Crippen LogP contribution in [-0.4, -0.2) is 33.1 Å². The van der Waals surface area contributed by atoms with E-state index in [-0.39, 0.29) is 13.0 Å². The Bertz CT molecular complexity index is 590. The molecule has 1 aromatic carbocycles. The minimum absolute atomic E-state index is 0.0206. The van der Waals surface area contributed by atoms with Crippen LogP contribution in [0, 0.1) is 0 Å². The molecular weight excluding hydrogens is 260 g/mol. The molecular formula is C14H16N2O4. The van der Waals surface area contributed by atoms with Crippen molar-refractivity contribution in [3.63, 3.8) is 0 Å². The number of carbonyl (C=O) groups is 1. The standard InChI is InChI=1S/C14H16N2O4/c1-20-13-5-2-11(3-6-13)16-12(4-7-14(18)19)8-10(9-17)15-16/h2-3,5-6,8,17H,4,7,9H2,1H3,(H,18,19). The maximum absolute atomic E-state index is 10.7. The first-order valence-electron chi connectivity index (χ1n) is 6.19. The molecule has 0 saturated carbocycles. The quantitative estimate of drug-likeness (QED) is 0.833. The second-order valence-corrected chi connectivity index (χ2v) is 4.29. The molecule has 2 N–H and O–H groups in total. The molecule has 6 heteroatoms. The zero-order valence-electron chi connectivity index (χ0n) is 11.1. The van der Waals surface area contributed by atoms with Gasteiger partial charge in [0.05, 0.1) is 31.5 Å². The van der Waals surface area contributed by atoms with Crippen molar-refractivity contribution < 1.29 is 19.7 Å². The number of carboxylic acid groups (broad SMARTS) is 1. The van der Waals surface area contributed by atoms with E-state index in [1.807, 2.05) is 12.1 Å². The van der Waals surface area contributed by atoms with Crippen LogP contribution in [0.4, 0.5) is 0 Å². The number of hydrogen-bond acceptors (Lipinski definition) is 4. The third kappa shape index (κ3) is 3.16. The predicted molar refractivity (Wildman–Crippen MR) is 72.0 cm³/mol. The third-order valence-electron chi connectivity index (χ3n) is 2.91. The van der Waals surface area contributed by atoms with Gasteiger partial charge in [-0.3, -0.25) is 4.79 Å². The number of aliphatic hydroxyl groups is 1. The van der Waals surface area contributed by atoms with Gasteiger partial charge in [0.1, 0.15) is 5.75 Å². The van der Waals surface area contributed by atoms with Gasteiger partial charge >= 0.3 is 5.97 Å². The van der Waals surface area contributed by atoms with Gasteiger partial charge in [-0.15, -0.1) is 0 Å². The van der Waals surface area contributed by atoms with Gasteiger partial charge < -0.3 is 14.9 Å². The van der Waals surface area contributed by atoms with E-state index in [1.54, 1.807) is 30.0 Å². The van der Waals surface area contributed by atoms with Crippen LogP contribution in [0.3, 0.4) is 0 Å². The van der Waals surface area contributed by atoms with Crippen molar-refractivity contribution in [1.29, 1.82) is 0 Å². The lowest BCUT2D eigenvalue weighted by Crippen LogP contribution is -2.05. The van der Waals surface area contributed by atoms with Gasteiger partial charge in [-0.2, -0.15) is 5.10 Å². The highest BCUT2D eigenvalue weighted by molar-refractivity contribution is 5.67. The highest BCUT2D eigenvalue weighted by atomic mass is 16.5. The van der Waals surface area contributed by atoms with Crippen LogP contribution < -0.4 is 4.74 Å². The molecule has 0 radical (unpaired) electrons. The number of aliphatic hydroxyl groups excluding tert-OH is 1. The molecule has 6 nitrogen and oxygen atoms in total. The van der Waals surface area contributed by atoms with Crippen LogP contribution in [0.2, 0.25) is 0 Å². The average molecular weight is 276 g/mol. The third-order valence-corrected chi connectivity index (χ3v) is 2.91. The first-order chi connectivity index (χ1) is 9.63. The molecule has 0 spiro atoms. The minimum atomic E-state index is -0.863.